The minimum absolute atomic E-state index is 0.0479. The molecule has 0 bridgehead atoms. The van der Waals surface area contributed by atoms with Gasteiger partial charge < -0.3 is 19.9 Å². The fraction of sp³-hybridized carbons (Fsp3) is 0.522. The second-order valence-electron chi connectivity index (χ2n) is 8.28. The van der Waals surface area contributed by atoms with E-state index in [9.17, 15) is 9.18 Å². The third-order valence-electron chi connectivity index (χ3n) is 5.91. The number of ether oxygens (including phenoxy) is 1. The molecule has 31 heavy (non-hydrogen) atoms. The fourth-order valence-corrected chi connectivity index (χ4v) is 4.16. The highest BCUT2D eigenvalue weighted by atomic mass is 19.1. The van der Waals surface area contributed by atoms with Crippen molar-refractivity contribution in [3.05, 3.63) is 41.8 Å². The van der Waals surface area contributed by atoms with Gasteiger partial charge in [-0.1, -0.05) is 19.3 Å². The molecule has 0 unspecified atom stereocenters. The number of piperazine rings is 1. The first-order valence-electron chi connectivity index (χ1n) is 11.1. The van der Waals surface area contributed by atoms with E-state index in [1.807, 2.05) is 13.0 Å². The number of hydrogen-bond donors (Lipinski definition) is 1. The van der Waals surface area contributed by atoms with Crippen LogP contribution in [0.1, 0.15) is 37.8 Å². The number of carbonyl (C=O) groups is 1. The lowest BCUT2D eigenvalue weighted by Gasteiger charge is -2.35. The number of anilines is 2. The van der Waals surface area contributed by atoms with Gasteiger partial charge in [0, 0.05) is 44.0 Å². The van der Waals surface area contributed by atoms with Crippen LogP contribution in [0.2, 0.25) is 0 Å². The number of carbonyl (C=O) groups excluding carboxylic acids is 1. The zero-order valence-electron chi connectivity index (χ0n) is 18.0. The first kappa shape index (κ1) is 21.3. The Kier molecular flexibility index (Phi) is 6.84. The number of amides is 1. The third kappa shape index (κ3) is 5.83. The highest BCUT2D eigenvalue weighted by molar-refractivity contribution is 5.78. The summed E-state index contributed by atoms with van der Waals surface area (Å²) in [7, 11) is 0. The molecule has 1 saturated carbocycles. The van der Waals surface area contributed by atoms with Crippen LogP contribution in [0.15, 0.2) is 30.3 Å². The largest absolute Gasteiger partial charge is 0.484 e. The molecule has 8 heteroatoms. The van der Waals surface area contributed by atoms with Gasteiger partial charge in [-0.05, 0) is 44.0 Å². The van der Waals surface area contributed by atoms with Crippen LogP contribution < -0.4 is 15.0 Å². The van der Waals surface area contributed by atoms with E-state index in [2.05, 4.69) is 15.2 Å². The van der Waals surface area contributed by atoms with E-state index in [1.54, 1.807) is 4.90 Å². The molecule has 7 nitrogen and oxygen atoms in total. The van der Waals surface area contributed by atoms with Crippen molar-refractivity contribution < 1.29 is 13.9 Å². The number of benzene rings is 1. The Labute approximate surface area is 182 Å². The van der Waals surface area contributed by atoms with Gasteiger partial charge in [-0.3, -0.25) is 4.79 Å². The molecule has 0 radical (unpaired) electrons. The molecule has 1 aliphatic heterocycles. The molecule has 2 heterocycles. The van der Waals surface area contributed by atoms with Gasteiger partial charge in [0.25, 0.3) is 5.91 Å². The second kappa shape index (κ2) is 9.94. The van der Waals surface area contributed by atoms with E-state index in [-0.39, 0.29) is 18.3 Å². The summed E-state index contributed by atoms with van der Waals surface area (Å²) in [5.74, 6) is 1.70. The molecule has 1 aliphatic carbocycles. The third-order valence-corrected chi connectivity index (χ3v) is 5.91. The average Bonchev–Trinajstić information content (AvgIpc) is 2.79. The van der Waals surface area contributed by atoms with Gasteiger partial charge in [0.2, 0.25) is 5.95 Å². The highest BCUT2D eigenvalue weighted by Crippen LogP contribution is 2.22. The van der Waals surface area contributed by atoms with E-state index in [4.69, 9.17) is 9.72 Å². The van der Waals surface area contributed by atoms with Crippen LogP contribution >= 0.6 is 0 Å². The summed E-state index contributed by atoms with van der Waals surface area (Å²) >= 11 is 0. The molecule has 2 aromatic rings. The molecule has 1 amide bonds. The number of nitrogens with zero attached hydrogens (tertiary/aromatic N) is 4. The Morgan fingerprint density at radius 3 is 2.52 bits per heavy atom. The van der Waals surface area contributed by atoms with Crippen LogP contribution in [0.3, 0.4) is 0 Å². The van der Waals surface area contributed by atoms with E-state index in [0.717, 1.165) is 11.5 Å². The van der Waals surface area contributed by atoms with Crippen molar-refractivity contribution in [1.29, 1.82) is 0 Å². The lowest BCUT2D eigenvalue weighted by Crippen LogP contribution is -2.50. The number of aryl methyl sites for hydroxylation is 1. The Hall–Kier alpha value is -2.90. The summed E-state index contributed by atoms with van der Waals surface area (Å²) in [4.78, 5) is 25.8. The van der Waals surface area contributed by atoms with Gasteiger partial charge in [-0.25, -0.2) is 9.37 Å². The van der Waals surface area contributed by atoms with Crippen LogP contribution in [0, 0.1) is 12.7 Å². The van der Waals surface area contributed by atoms with Crippen LogP contribution in [0.25, 0.3) is 0 Å². The zero-order valence-corrected chi connectivity index (χ0v) is 18.0. The number of rotatable bonds is 6. The van der Waals surface area contributed by atoms with E-state index >= 15 is 0 Å². The lowest BCUT2D eigenvalue weighted by atomic mass is 9.96. The molecule has 1 aromatic carbocycles. The maximum Gasteiger partial charge on any atom is 0.260 e. The minimum Gasteiger partial charge on any atom is -0.484 e. The molecule has 2 aliphatic rings. The van der Waals surface area contributed by atoms with Crippen molar-refractivity contribution in [2.24, 2.45) is 0 Å². The van der Waals surface area contributed by atoms with Gasteiger partial charge >= 0.3 is 0 Å². The van der Waals surface area contributed by atoms with E-state index in [1.165, 1.54) is 56.4 Å². The first-order valence-corrected chi connectivity index (χ1v) is 11.1. The van der Waals surface area contributed by atoms with Crippen molar-refractivity contribution >= 4 is 17.7 Å². The number of hydrogen-bond acceptors (Lipinski definition) is 6. The number of nitrogens with one attached hydrogen (secondary N) is 1. The van der Waals surface area contributed by atoms with Crippen LogP contribution in [0.5, 0.6) is 5.75 Å². The Balaban J connectivity index is 1.29. The zero-order chi connectivity index (χ0) is 21.6. The van der Waals surface area contributed by atoms with Crippen molar-refractivity contribution in [3.8, 4) is 5.75 Å². The molecule has 1 N–H and O–H groups in total. The van der Waals surface area contributed by atoms with Crippen LogP contribution in [-0.2, 0) is 4.79 Å². The molecular weight excluding hydrogens is 397 g/mol. The fourth-order valence-electron chi connectivity index (χ4n) is 4.16. The molecular formula is C23H30FN5O2. The summed E-state index contributed by atoms with van der Waals surface area (Å²) in [5, 5.41) is 3.51. The van der Waals surface area contributed by atoms with Gasteiger partial charge in [-0.15, -0.1) is 0 Å². The predicted octanol–water partition coefficient (Wildman–Crippen LogP) is 3.40. The van der Waals surface area contributed by atoms with Gasteiger partial charge in [-0.2, -0.15) is 4.98 Å². The Bertz CT molecular complexity index is 878. The standard InChI is InChI=1S/C23H30FN5O2/c1-17-15-21(27-23(25-17)26-19-5-3-2-4-6-19)28-11-13-29(14-12-28)22(30)16-31-20-9-7-18(24)8-10-20/h7-10,15,19H,2-6,11-14,16H2,1H3,(H,25,26,27). The maximum absolute atomic E-state index is 13.0. The molecule has 0 atom stereocenters. The van der Waals surface area contributed by atoms with Gasteiger partial charge in [0.1, 0.15) is 17.4 Å². The molecule has 2 fully saturated rings. The van der Waals surface area contributed by atoms with Crippen molar-refractivity contribution in [2.75, 3.05) is 43.0 Å². The first-order chi connectivity index (χ1) is 15.1. The van der Waals surface area contributed by atoms with Crippen molar-refractivity contribution in [2.45, 2.75) is 45.1 Å². The smallest absolute Gasteiger partial charge is 0.260 e. The molecule has 166 valence electrons. The highest BCUT2D eigenvalue weighted by Gasteiger charge is 2.23. The van der Waals surface area contributed by atoms with Crippen LogP contribution in [-0.4, -0.2) is 59.6 Å². The molecule has 4 rings (SSSR count). The summed E-state index contributed by atoms with van der Waals surface area (Å²) in [6, 6.07) is 8.15. The molecule has 1 aromatic heterocycles. The average molecular weight is 428 g/mol. The van der Waals surface area contributed by atoms with Gasteiger partial charge in [0.15, 0.2) is 6.61 Å². The van der Waals surface area contributed by atoms with Crippen molar-refractivity contribution in [3.63, 3.8) is 0 Å². The van der Waals surface area contributed by atoms with E-state index < -0.39 is 0 Å². The normalized spacial score (nSPS) is 17.5. The summed E-state index contributed by atoms with van der Waals surface area (Å²) < 4.78 is 18.5. The number of aromatic nitrogens is 2. The van der Waals surface area contributed by atoms with E-state index in [0.29, 0.717) is 43.9 Å². The Morgan fingerprint density at radius 1 is 1.10 bits per heavy atom. The summed E-state index contributed by atoms with van der Waals surface area (Å²) in [5.41, 5.74) is 0.939. The quantitative estimate of drug-likeness (QED) is 0.762. The van der Waals surface area contributed by atoms with Crippen molar-refractivity contribution in [1.82, 2.24) is 14.9 Å². The van der Waals surface area contributed by atoms with Crippen LogP contribution in [0.4, 0.5) is 16.2 Å². The van der Waals surface area contributed by atoms with Gasteiger partial charge in [0.05, 0.1) is 0 Å². The second-order valence-corrected chi connectivity index (χ2v) is 8.28. The lowest BCUT2D eigenvalue weighted by molar-refractivity contribution is -0.133. The maximum atomic E-state index is 13.0. The summed E-state index contributed by atoms with van der Waals surface area (Å²) in [6.45, 7) is 4.58. The SMILES string of the molecule is Cc1cc(N2CCN(C(=O)COc3ccc(F)cc3)CC2)nc(NC2CCCCC2)n1. The minimum atomic E-state index is -0.327. The monoisotopic (exact) mass is 427 g/mol. The number of halogens is 1. The molecule has 1 saturated heterocycles. The summed E-state index contributed by atoms with van der Waals surface area (Å²) in [6.07, 6.45) is 6.19. The Morgan fingerprint density at radius 2 is 1.81 bits per heavy atom. The topological polar surface area (TPSA) is 70.6 Å². The predicted molar refractivity (Wildman–Crippen MR) is 118 cm³/mol. The molecule has 0 spiro atoms.